The van der Waals surface area contributed by atoms with Crippen molar-refractivity contribution < 1.29 is 9.59 Å². The fraction of sp³-hybridized carbons (Fsp3) is 0.308. The molecule has 1 N–H and O–H groups in total. The van der Waals surface area contributed by atoms with Gasteiger partial charge in [0.2, 0.25) is 0 Å². The molecule has 7 nitrogen and oxygen atoms in total. The molecule has 0 radical (unpaired) electrons. The van der Waals surface area contributed by atoms with Gasteiger partial charge in [0, 0.05) is 49.4 Å². The number of piperidine rings is 1. The summed E-state index contributed by atoms with van der Waals surface area (Å²) < 4.78 is 0. The predicted molar refractivity (Wildman–Crippen MR) is 138 cm³/mol. The van der Waals surface area contributed by atoms with Crippen LogP contribution in [-0.2, 0) is 6.54 Å². The van der Waals surface area contributed by atoms with Crippen molar-refractivity contribution >= 4 is 35.0 Å². The molecule has 2 amide bonds. The van der Waals surface area contributed by atoms with E-state index in [4.69, 9.17) is 23.2 Å². The van der Waals surface area contributed by atoms with Gasteiger partial charge in [-0.2, -0.15) is 0 Å². The molecule has 0 aliphatic carbocycles. The second-order valence-corrected chi connectivity index (χ2v) is 9.43. The number of amides is 2. The number of halogens is 2. The molecule has 3 aromatic rings. The number of hydrogen-bond acceptors (Lipinski definition) is 5. The molecular formula is C26H27Cl2N5O2. The number of nitrogens with zero attached hydrogens (tertiary/aromatic N) is 4. The molecule has 1 aliphatic rings. The maximum Gasteiger partial charge on any atom is 0.253 e. The Balaban J connectivity index is 1.31. The van der Waals surface area contributed by atoms with Gasteiger partial charge in [-0.1, -0.05) is 35.3 Å². The van der Waals surface area contributed by atoms with Crippen LogP contribution in [0.2, 0.25) is 10.0 Å². The van der Waals surface area contributed by atoms with Gasteiger partial charge < -0.3 is 10.2 Å². The summed E-state index contributed by atoms with van der Waals surface area (Å²) in [6.45, 7) is 2.05. The van der Waals surface area contributed by atoms with Crippen LogP contribution in [0.25, 0.3) is 11.3 Å². The minimum absolute atomic E-state index is 0.0190. The zero-order chi connectivity index (χ0) is 24.9. The zero-order valence-electron chi connectivity index (χ0n) is 19.7. The first-order valence-electron chi connectivity index (χ1n) is 11.4. The first-order valence-corrected chi connectivity index (χ1v) is 12.2. The SMILES string of the molecule is CNC(=O)c1ccc(-c2cnc(CN(C)C3CCN(C(=O)c4ccc(Cl)c(Cl)c4)CC3)cn2)cc1. The Morgan fingerprint density at radius 2 is 1.69 bits per heavy atom. The summed E-state index contributed by atoms with van der Waals surface area (Å²) in [6.07, 6.45) is 5.32. The van der Waals surface area contributed by atoms with Crippen molar-refractivity contribution in [1.82, 2.24) is 25.1 Å². The maximum atomic E-state index is 12.8. The average molecular weight is 512 g/mol. The third-order valence-electron chi connectivity index (χ3n) is 6.33. The van der Waals surface area contributed by atoms with Crippen LogP contribution in [0.3, 0.4) is 0 Å². The van der Waals surface area contributed by atoms with Gasteiger partial charge in [-0.05, 0) is 50.2 Å². The largest absolute Gasteiger partial charge is 0.355 e. The summed E-state index contributed by atoms with van der Waals surface area (Å²) in [5, 5.41) is 3.44. The molecule has 1 saturated heterocycles. The fourth-order valence-corrected chi connectivity index (χ4v) is 4.53. The second-order valence-electron chi connectivity index (χ2n) is 8.62. The number of aromatic nitrogens is 2. The fourth-order valence-electron chi connectivity index (χ4n) is 4.23. The van der Waals surface area contributed by atoms with Crippen molar-refractivity contribution in [3.63, 3.8) is 0 Å². The molecule has 4 rings (SSSR count). The minimum atomic E-state index is -0.120. The van der Waals surface area contributed by atoms with Crippen LogP contribution in [0, 0.1) is 0 Å². The van der Waals surface area contributed by atoms with Gasteiger partial charge in [0.1, 0.15) is 0 Å². The lowest BCUT2D eigenvalue weighted by atomic mass is 10.0. The number of rotatable bonds is 6. The molecule has 1 aromatic heterocycles. The van der Waals surface area contributed by atoms with E-state index in [1.807, 2.05) is 17.0 Å². The monoisotopic (exact) mass is 511 g/mol. The Kier molecular flexibility index (Phi) is 8.00. The summed E-state index contributed by atoms with van der Waals surface area (Å²) >= 11 is 12.0. The summed E-state index contributed by atoms with van der Waals surface area (Å²) in [6, 6.07) is 12.6. The molecule has 0 spiro atoms. The lowest BCUT2D eigenvalue weighted by Gasteiger charge is -2.36. The van der Waals surface area contributed by atoms with E-state index in [1.165, 1.54) is 0 Å². The van der Waals surface area contributed by atoms with Gasteiger partial charge in [-0.25, -0.2) is 0 Å². The first kappa shape index (κ1) is 25.1. The molecule has 1 aliphatic heterocycles. The van der Waals surface area contributed by atoms with Crippen molar-refractivity contribution in [2.45, 2.75) is 25.4 Å². The highest BCUT2D eigenvalue weighted by Crippen LogP contribution is 2.25. The van der Waals surface area contributed by atoms with Gasteiger partial charge in [0.15, 0.2) is 0 Å². The van der Waals surface area contributed by atoms with Crippen molar-refractivity contribution in [2.24, 2.45) is 0 Å². The molecule has 2 heterocycles. The quantitative estimate of drug-likeness (QED) is 0.525. The van der Waals surface area contributed by atoms with E-state index >= 15 is 0 Å². The van der Waals surface area contributed by atoms with Crippen LogP contribution in [0.1, 0.15) is 39.3 Å². The summed E-state index contributed by atoms with van der Waals surface area (Å²) in [5.74, 6) is -0.139. The van der Waals surface area contributed by atoms with E-state index in [-0.39, 0.29) is 11.8 Å². The number of nitrogens with one attached hydrogen (secondary N) is 1. The van der Waals surface area contributed by atoms with Gasteiger partial charge in [-0.3, -0.25) is 24.5 Å². The number of likely N-dealkylation sites (tertiary alicyclic amines) is 1. The van der Waals surface area contributed by atoms with Gasteiger partial charge >= 0.3 is 0 Å². The van der Waals surface area contributed by atoms with Crippen molar-refractivity contribution in [3.05, 3.63) is 81.7 Å². The van der Waals surface area contributed by atoms with Gasteiger partial charge in [0.05, 0.1) is 33.8 Å². The van der Waals surface area contributed by atoms with E-state index in [0.717, 1.165) is 29.8 Å². The van der Waals surface area contributed by atoms with Crippen LogP contribution in [-0.4, -0.2) is 64.8 Å². The normalized spacial score (nSPS) is 14.3. The zero-order valence-corrected chi connectivity index (χ0v) is 21.2. The number of benzene rings is 2. The van der Waals surface area contributed by atoms with Crippen LogP contribution in [0.15, 0.2) is 54.9 Å². The van der Waals surface area contributed by atoms with E-state index in [9.17, 15) is 9.59 Å². The molecule has 2 aromatic carbocycles. The topological polar surface area (TPSA) is 78.4 Å². The highest BCUT2D eigenvalue weighted by molar-refractivity contribution is 6.42. The van der Waals surface area contributed by atoms with E-state index < -0.39 is 0 Å². The number of carbonyl (C=O) groups excluding carboxylic acids is 2. The van der Waals surface area contributed by atoms with E-state index in [2.05, 4.69) is 27.2 Å². The number of carbonyl (C=O) groups is 2. The smallest absolute Gasteiger partial charge is 0.253 e. The van der Waals surface area contributed by atoms with Gasteiger partial charge in [0.25, 0.3) is 11.8 Å². The highest BCUT2D eigenvalue weighted by atomic mass is 35.5. The third kappa shape index (κ3) is 5.99. The lowest BCUT2D eigenvalue weighted by molar-refractivity contribution is 0.0638. The highest BCUT2D eigenvalue weighted by Gasteiger charge is 2.26. The Morgan fingerprint density at radius 1 is 1.00 bits per heavy atom. The molecule has 0 saturated carbocycles. The maximum absolute atomic E-state index is 12.8. The Labute approximate surface area is 215 Å². The molecule has 182 valence electrons. The predicted octanol–water partition coefficient (Wildman–Crippen LogP) is 4.55. The van der Waals surface area contributed by atoms with E-state index in [0.29, 0.717) is 46.8 Å². The summed E-state index contributed by atoms with van der Waals surface area (Å²) in [4.78, 5) is 37.8. The van der Waals surface area contributed by atoms with Crippen LogP contribution in [0.5, 0.6) is 0 Å². The minimum Gasteiger partial charge on any atom is -0.355 e. The van der Waals surface area contributed by atoms with Crippen LogP contribution < -0.4 is 5.32 Å². The molecule has 35 heavy (non-hydrogen) atoms. The second kappa shape index (κ2) is 11.2. The average Bonchev–Trinajstić information content (AvgIpc) is 2.90. The standard InChI is InChI=1S/C26H27Cl2N5O2/c1-29-25(34)18-5-3-17(4-6-18)24-15-30-20(14-31-24)16-32(2)21-9-11-33(12-10-21)26(35)19-7-8-22(27)23(28)13-19/h3-8,13-15,21H,9-12,16H2,1-2H3,(H,29,34). The van der Waals surface area contributed by atoms with Crippen LogP contribution in [0.4, 0.5) is 0 Å². The number of hydrogen-bond donors (Lipinski definition) is 1. The Morgan fingerprint density at radius 3 is 2.29 bits per heavy atom. The summed E-state index contributed by atoms with van der Waals surface area (Å²) in [7, 11) is 3.69. The van der Waals surface area contributed by atoms with E-state index in [1.54, 1.807) is 49.8 Å². The van der Waals surface area contributed by atoms with Gasteiger partial charge in [-0.15, -0.1) is 0 Å². The molecule has 0 unspecified atom stereocenters. The Bertz CT molecular complexity index is 1190. The van der Waals surface area contributed by atoms with Crippen molar-refractivity contribution in [2.75, 3.05) is 27.2 Å². The molecule has 1 fully saturated rings. The Hall–Kier alpha value is -3.00. The molecular weight excluding hydrogens is 485 g/mol. The third-order valence-corrected chi connectivity index (χ3v) is 7.07. The molecule has 0 atom stereocenters. The van der Waals surface area contributed by atoms with Crippen molar-refractivity contribution in [1.29, 1.82) is 0 Å². The molecule has 0 bridgehead atoms. The lowest BCUT2D eigenvalue weighted by Crippen LogP contribution is -2.45. The summed E-state index contributed by atoms with van der Waals surface area (Å²) in [5.41, 5.74) is 3.71. The molecule has 9 heteroatoms. The van der Waals surface area contributed by atoms with Crippen LogP contribution >= 0.6 is 23.2 Å². The first-order chi connectivity index (χ1) is 16.9. The van der Waals surface area contributed by atoms with Crippen molar-refractivity contribution in [3.8, 4) is 11.3 Å².